The zero-order valence-corrected chi connectivity index (χ0v) is 9.91. The predicted octanol–water partition coefficient (Wildman–Crippen LogP) is 1.18. The SMILES string of the molecule is N#Cc1nccnc1N1CCCCC1CC(=O)O. The number of anilines is 1. The van der Waals surface area contributed by atoms with E-state index >= 15 is 0 Å². The third-order valence-electron chi connectivity index (χ3n) is 3.09. The average Bonchev–Trinajstić information content (AvgIpc) is 2.39. The van der Waals surface area contributed by atoms with E-state index in [2.05, 4.69) is 9.97 Å². The highest BCUT2D eigenvalue weighted by atomic mass is 16.4. The lowest BCUT2D eigenvalue weighted by Gasteiger charge is -2.35. The smallest absolute Gasteiger partial charge is 0.305 e. The third kappa shape index (κ3) is 2.56. The zero-order chi connectivity index (χ0) is 13.0. The number of hydrogen-bond acceptors (Lipinski definition) is 5. The molecule has 6 nitrogen and oxygen atoms in total. The molecule has 1 N–H and O–H groups in total. The van der Waals surface area contributed by atoms with Crippen LogP contribution in [-0.4, -0.2) is 33.6 Å². The van der Waals surface area contributed by atoms with Gasteiger partial charge < -0.3 is 10.0 Å². The van der Waals surface area contributed by atoms with Crippen LogP contribution < -0.4 is 4.90 Å². The molecule has 1 aliphatic heterocycles. The molecule has 0 aliphatic carbocycles. The highest BCUT2D eigenvalue weighted by molar-refractivity contribution is 5.68. The van der Waals surface area contributed by atoms with Crippen LogP contribution in [0.3, 0.4) is 0 Å². The second kappa shape index (κ2) is 5.45. The Balaban J connectivity index is 2.28. The first kappa shape index (κ1) is 12.3. The topological polar surface area (TPSA) is 90.1 Å². The molecule has 1 aromatic heterocycles. The van der Waals surface area contributed by atoms with E-state index in [1.54, 1.807) is 0 Å². The molecule has 1 aromatic rings. The van der Waals surface area contributed by atoms with Crippen LogP contribution in [-0.2, 0) is 4.79 Å². The average molecular weight is 246 g/mol. The van der Waals surface area contributed by atoms with Crippen molar-refractivity contribution >= 4 is 11.8 Å². The summed E-state index contributed by atoms with van der Waals surface area (Å²) < 4.78 is 0. The Morgan fingerprint density at radius 3 is 3.00 bits per heavy atom. The van der Waals surface area contributed by atoms with Crippen LogP contribution in [0.2, 0.25) is 0 Å². The van der Waals surface area contributed by atoms with E-state index in [0.717, 1.165) is 25.8 Å². The van der Waals surface area contributed by atoms with Gasteiger partial charge in [-0.15, -0.1) is 0 Å². The Hall–Kier alpha value is -2.16. The van der Waals surface area contributed by atoms with E-state index in [9.17, 15) is 4.79 Å². The summed E-state index contributed by atoms with van der Waals surface area (Å²) in [6.45, 7) is 0.728. The molecule has 2 heterocycles. The highest BCUT2D eigenvalue weighted by Crippen LogP contribution is 2.26. The lowest BCUT2D eigenvalue weighted by atomic mass is 9.99. The molecule has 1 saturated heterocycles. The van der Waals surface area contributed by atoms with E-state index in [4.69, 9.17) is 10.4 Å². The van der Waals surface area contributed by atoms with E-state index < -0.39 is 5.97 Å². The van der Waals surface area contributed by atoms with Gasteiger partial charge in [-0.3, -0.25) is 4.79 Å². The maximum Gasteiger partial charge on any atom is 0.305 e. The lowest BCUT2D eigenvalue weighted by Crippen LogP contribution is -2.42. The molecular weight excluding hydrogens is 232 g/mol. The van der Waals surface area contributed by atoms with Crippen molar-refractivity contribution in [3.05, 3.63) is 18.1 Å². The van der Waals surface area contributed by atoms with Crippen molar-refractivity contribution in [3.63, 3.8) is 0 Å². The number of aromatic nitrogens is 2. The first-order valence-corrected chi connectivity index (χ1v) is 5.92. The molecule has 0 saturated carbocycles. The number of carboxylic acid groups (broad SMARTS) is 1. The maximum atomic E-state index is 10.9. The molecular formula is C12H14N4O2. The van der Waals surface area contributed by atoms with Gasteiger partial charge in [-0.25, -0.2) is 9.97 Å². The Morgan fingerprint density at radius 2 is 2.28 bits per heavy atom. The number of hydrogen-bond donors (Lipinski definition) is 1. The molecule has 0 spiro atoms. The molecule has 0 radical (unpaired) electrons. The summed E-state index contributed by atoms with van der Waals surface area (Å²) >= 11 is 0. The van der Waals surface area contributed by atoms with E-state index in [1.165, 1.54) is 12.4 Å². The van der Waals surface area contributed by atoms with E-state index in [-0.39, 0.29) is 18.2 Å². The fraction of sp³-hybridized carbons (Fsp3) is 0.500. The normalized spacial score (nSPS) is 19.3. The molecule has 94 valence electrons. The minimum atomic E-state index is -0.825. The summed E-state index contributed by atoms with van der Waals surface area (Å²) in [6.07, 6.45) is 5.88. The predicted molar refractivity (Wildman–Crippen MR) is 64.0 cm³/mol. The summed E-state index contributed by atoms with van der Waals surface area (Å²) in [5, 5.41) is 18.0. The van der Waals surface area contributed by atoms with Crippen molar-refractivity contribution in [1.29, 1.82) is 5.26 Å². The first-order valence-electron chi connectivity index (χ1n) is 5.92. The van der Waals surface area contributed by atoms with Crippen LogP contribution in [0.15, 0.2) is 12.4 Å². The van der Waals surface area contributed by atoms with Gasteiger partial charge >= 0.3 is 5.97 Å². The van der Waals surface area contributed by atoms with Crippen LogP contribution in [0.25, 0.3) is 0 Å². The minimum Gasteiger partial charge on any atom is -0.481 e. The monoisotopic (exact) mass is 246 g/mol. The Kier molecular flexibility index (Phi) is 3.72. The Labute approximate surface area is 105 Å². The highest BCUT2D eigenvalue weighted by Gasteiger charge is 2.27. The van der Waals surface area contributed by atoms with Crippen molar-refractivity contribution in [3.8, 4) is 6.07 Å². The Morgan fingerprint density at radius 1 is 1.50 bits per heavy atom. The third-order valence-corrected chi connectivity index (χ3v) is 3.09. The standard InChI is InChI=1S/C12H14N4O2/c13-8-10-12(15-5-4-14-10)16-6-2-1-3-9(16)7-11(17)18/h4-5,9H,1-3,6-7H2,(H,17,18). The van der Waals surface area contributed by atoms with Crippen LogP contribution in [0, 0.1) is 11.3 Å². The molecule has 0 bridgehead atoms. The van der Waals surface area contributed by atoms with Crippen LogP contribution in [0.1, 0.15) is 31.4 Å². The minimum absolute atomic E-state index is 0.0709. The van der Waals surface area contributed by atoms with Gasteiger partial charge in [-0.2, -0.15) is 5.26 Å². The van der Waals surface area contributed by atoms with Gasteiger partial charge in [-0.1, -0.05) is 0 Å². The number of aliphatic carboxylic acids is 1. The van der Waals surface area contributed by atoms with E-state index in [0.29, 0.717) is 5.82 Å². The molecule has 2 rings (SSSR count). The second-order valence-corrected chi connectivity index (χ2v) is 4.28. The quantitative estimate of drug-likeness (QED) is 0.861. The van der Waals surface area contributed by atoms with Crippen LogP contribution in [0.4, 0.5) is 5.82 Å². The van der Waals surface area contributed by atoms with Crippen molar-refractivity contribution in [2.45, 2.75) is 31.7 Å². The van der Waals surface area contributed by atoms with Crippen molar-refractivity contribution < 1.29 is 9.90 Å². The summed E-state index contributed by atoms with van der Waals surface area (Å²) in [5.41, 5.74) is 0.259. The number of piperidine rings is 1. The van der Waals surface area contributed by atoms with Crippen molar-refractivity contribution in [2.75, 3.05) is 11.4 Å². The summed E-state index contributed by atoms with van der Waals surface area (Å²) in [4.78, 5) is 20.9. The number of rotatable bonds is 3. The van der Waals surface area contributed by atoms with Gasteiger partial charge in [-0.05, 0) is 19.3 Å². The maximum absolute atomic E-state index is 10.9. The second-order valence-electron chi connectivity index (χ2n) is 4.28. The molecule has 1 atom stereocenters. The molecule has 18 heavy (non-hydrogen) atoms. The van der Waals surface area contributed by atoms with Crippen molar-refractivity contribution in [1.82, 2.24) is 9.97 Å². The van der Waals surface area contributed by atoms with Gasteiger partial charge in [0.05, 0.1) is 6.42 Å². The fourth-order valence-corrected chi connectivity index (χ4v) is 2.31. The summed E-state index contributed by atoms with van der Waals surface area (Å²) in [6, 6.07) is 1.91. The molecule has 0 aromatic carbocycles. The fourth-order valence-electron chi connectivity index (χ4n) is 2.31. The molecule has 1 fully saturated rings. The largest absolute Gasteiger partial charge is 0.481 e. The lowest BCUT2D eigenvalue weighted by molar-refractivity contribution is -0.137. The number of nitrogens with zero attached hydrogens (tertiary/aromatic N) is 4. The number of carbonyl (C=O) groups is 1. The van der Waals surface area contributed by atoms with Crippen molar-refractivity contribution in [2.24, 2.45) is 0 Å². The van der Waals surface area contributed by atoms with Gasteiger partial charge in [0.2, 0.25) is 0 Å². The van der Waals surface area contributed by atoms with Crippen LogP contribution >= 0.6 is 0 Å². The molecule has 6 heteroatoms. The van der Waals surface area contributed by atoms with Gasteiger partial charge in [0.15, 0.2) is 11.5 Å². The first-order chi connectivity index (χ1) is 8.72. The van der Waals surface area contributed by atoms with Gasteiger partial charge in [0.25, 0.3) is 0 Å². The van der Waals surface area contributed by atoms with E-state index in [1.807, 2.05) is 11.0 Å². The molecule has 0 amide bonds. The zero-order valence-electron chi connectivity index (χ0n) is 9.91. The van der Waals surface area contributed by atoms with Gasteiger partial charge in [0, 0.05) is 25.0 Å². The molecule has 1 unspecified atom stereocenters. The Bertz CT molecular complexity index is 483. The number of carboxylic acids is 1. The molecule has 1 aliphatic rings. The summed E-state index contributed by atoms with van der Waals surface area (Å²) in [5.74, 6) is -0.319. The summed E-state index contributed by atoms with van der Waals surface area (Å²) in [7, 11) is 0. The van der Waals surface area contributed by atoms with Crippen LogP contribution in [0.5, 0.6) is 0 Å². The van der Waals surface area contributed by atoms with Gasteiger partial charge in [0.1, 0.15) is 6.07 Å². The number of nitriles is 1.